The summed E-state index contributed by atoms with van der Waals surface area (Å²) in [6.45, 7) is 2.57. The van der Waals surface area contributed by atoms with Gasteiger partial charge in [0.05, 0.1) is 11.3 Å². The smallest absolute Gasteiger partial charge is 0.341 e. The number of thioether (sulfide) groups is 1. The Balaban J connectivity index is 1.26. The van der Waals surface area contributed by atoms with E-state index < -0.39 is 5.97 Å². The van der Waals surface area contributed by atoms with Crippen LogP contribution in [0.5, 0.6) is 17.2 Å². The first-order valence-corrected chi connectivity index (χ1v) is 11.8. The molecular formula is C25H24N2O6S. The van der Waals surface area contributed by atoms with Crippen molar-refractivity contribution in [3.63, 3.8) is 0 Å². The van der Waals surface area contributed by atoms with Crippen LogP contribution in [0.3, 0.4) is 0 Å². The Morgan fingerprint density at radius 1 is 1.06 bits per heavy atom. The monoisotopic (exact) mass is 480 g/mol. The van der Waals surface area contributed by atoms with Crippen LogP contribution in [-0.4, -0.2) is 42.6 Å². The Labute approximate surface area is 201 Å². The molecule has 176 valence electrons. The van der Waals surface area contributed by atoms with Crippen molar-refractivity contribution in [2.24, 2.45) is 0 Å². The van der Waals surface area contributed by atoms with Crippen molar-refractivity contribution in [1.29, 1.82) is 0 Å². The van der Waals surface area contributed by atoms with Crippen molar-refractivity contribution in [2.75, 3.05) is 31.1 Å². The van der Waals surface area contributed by atoms with Gasteiger partial charge in [0.25, 0.3) is 0 Å². The second kappa shape index (κ2) is 11.4. The van der Waals surface area contributed by atoms with Crippen molar-refractivity contribution in [3.8, 4) is 17.2 Å². The molecule has 2 aromatic carbocycles. The van der Waals surface area contributed by atoms with Crippen molar-refractivity contribution in [2.45, 2.75) is 18.4 Å². The summed E-state index contributed by atoms with van der Waals surface area (Å²) in [4.78, 5) is 29.2. The quantitative estimate of drug-likeness (QED) is 0.260. The Morgan fingerprint density at radius 3 is 2.82 bits per heavy atom. The lowest BCUT2D eigenvalue weighted by atomic mass is 10.2. The molecule has 2 heterocycles. The number of hydrogen-bond donors (Lipinski definition) is 1. The van der Waals surface area contributed by atoms with Crippen LogP contribution < -0.4 is 19.5 Å². The van der Waals surface area contributed by atoms with Gasteiger partial charge in [-0.25, -0.2) is 9.78 Å². The number of amides is 1. The molecule has 1 aliphatic heterocycles. The molecule has 0 fully saturated rings. The molecule has 0 aliphatic carbocycles. The number of benzene rings is 2. The minimum Gasteiger partial charge on any atom is -0.490 e. The maximum absolute atomic E-state index is 12.6. The van der Waals surface area contributed by atoms with E-state index in [4.69, 9.17) is 18.9 Å². The molecule has 0 radical (unpaired) electrons. The Kier molecular flexibility index (Phi) is 7.87. The predicted octanol–water partition coefficient (Wildman–Crippen LogP) is 4.34. The topological polar surface area (TPSA) is 96.0 Å². The van der Waals surface area contributed by atoms with Crippen LogP contribution in [-0.2, 0) is 16.0 Å². The molecule has 34 heavy (non-hydrogen) atoms. The minimum atomic E-state index is -0.516. The first-order chi connectivity index (χ1) is 16.6. The fourth-order valence-corrected chi connectivity index (χ4v) is 3.98. The highest BCUT2D eigenvalue weighted by Crippen LogP contribution is 2.34. The molecule has 8 nitrogen and oxygen atoms in total. The van der Waals surface area contributed by atoms with E-state index in [0.717, 1.165) is 23.9 Å². The number of carbonyl (C=O) groups excluding carboxylic acids is 2. The largest absolute Gasteiger partial charge is 0.490 e. The van der Waals surface area contributed by atoms with Crippen LogP contribution >= 0.6 is 11.8 Å². The fraction of sp³-hybridized carbons (Fsp3) is 0.240. The van der Waals surface area contributed by atoms with Crippen LogP contribution in [0.4, 0.5) is 5.69 Å². The number of aryl methyl sites for hydroxylation is 1. The average Bonchev–Trinajstić information content (AvgIpc) is 3.33. The van der Waals surface area contributed by atoms with Gasteiger partial charge in [-0.15, -0.1) is 0 Å². The second-order valence-corrected chi connectivity index (χ2v) is 8.21. The van der Waals surface area contributed by atoms with E-state index in [2.05, 4.69) is 17.2 Å². The molecule has 0 bridgehead atoms. The summed E-state index contributed by atoms with van der Waals surface area (Å²) in [5.41, 5.74) is 2.07. The number of pyridine rings is 1. The normalized spacial score (nSPS) is 11.7. The minimum absolute atomic E-state index is 0.0720. The molecule has 0 saturated heterocycles. The zero-order valence-corrected chi connectivity index (χ0v) is 19.4. The molecule has 1 aliphatic rings. The van der Waals surface area contributed by atoms with E-state index in [-0.39, 0.29) is 31.7 Å². The molecule has 0 unspecified atom stereocenters. The number of hydrogen-bond acceptors (Lipinski definition) is 8. The summed E-state index contributed by atoms with van der Waals surface area (Å²) in [6.07, 6.45) is 2.49. The SMILES string of the molecule is CCc1cccc(OCCOC(=O)c2cccnc2SCC(=O)Nc2ccc3c(c2)OCO3)c1. The summed E-state index contributed by atoms with van der Waals surface area (Å²) in [5, 5.41) is 3.22. The molecule has 1 amide bonds. The third-order valence-electron chi connectivity index (χ3n) is 4.88. The van der Waals surface area contributed by atoms with Crippen LogP contribution in [0, 0.1) is 0 Å². The van der Waals surface area contributed by atoms with E-state index >= 15 is 0 Å². The second-order valence-electron chi connectivity index (χ2n) is 7.25. The number of aromatic nitrogens is 1. The lowest BCUT2D eigenvalue weighted by Gasteiger charge is -2.10. The van der Waals surface area contributed by atoms with E-state index in [9.17, 15) is 9.59 Å². The molecule has 4 rings (SSSR count). The van der Waals surface area contributed by atoms with E-state index in [1.54, 1.807) is 36.5 Å². The molecule has 1 aromatic heterocycles. The van der Waals surface area contributed by atoms with Gasteiger partial charge in [-0.05, 0) is 48.4 Å². The summed E-state index contributed by atoms with van der Waals surface area (Å²) in [6, 6.07) is 16.3. The summed E-state index contributed by atoms with van der Waals surface area (Å²) < 4.78 is 21.6. The predicted molar refractivity (Wildman–Crippen MR) is 128 cm³/mol. The van der Waals surface area contributed by atoms with Gasteiger partial charge in [0.1, 0.15) is 24.0 Å². The highest BCUT2D eigenvalue weighted by Gasteiger charge is 2.17. The van der Waals surface area contributed by atoms with Gasteiger partial charge in [-0.1, -0.05) is 30.8 Å². The van der Waals surface area contributed by atoms with Crippen molar-refractivity contribution < 1.29 is 28.5 Å². The zero-order chi connectivity index (χ0) is 23.8. The van der Waals surface area contributed by atoms with Crippen molar-refractivity contribution in [3.05, 3.63) is 71.9 Å². The van der Waals surface area contributed by atoms with E-state index in [0.29, 0.717) is 27.8 Å². The first kappa shape index (κ1) is 23.4. The van der Waals surface area contributed by atoms with Gasteiger partial charge in [0, 0.05) is 18.0 Å². The van der Waals surface area contributed by atoms with Crippen LogP contribution in [0.1, 0.15) is 22.8 Å². The van der Waals surface area contributed by atoms with Crippen molar-refractivity contribution >= 4 is 29.3 Å². The Hall–Kier alpha value is -3.72. The lowest BCUT2D eigenvalue weighted by Crippen LogP contribution is -2.16. The molecule has 3 aromatic rings. The number of nitrogens with one attached hydrogen (secondary N) is 1. The summed E-state index contributed by atoms with van der Waals surface area (Å²) >= 11 is 1.16. The third kappa shape index (κ3) is 6.20. The van der Waals surface area contributed by atoms with Gasteiger partial charge < -0.3 is 24.3 Å². The Bertz CT molecular complexity index is 1170. The maximum atomic E-state index is 12.6. The number of rotatable bonds is 10. The highest BCUT2D eigenvalue weighted by atomic mass is 32.2. The zero-order valence-electron chi connectivity index (χ0n) is 18.6. The van der Waals surface area contributed by atoms with Crippen LogP contribution in [0.2, 0.25) is 0 Å². The van der Waals surface area contributed by atoms with Gasteiger partial charge in [0.15, 0.2) is 11.5 Å². The van der Waals surface area contributed by atoms with Gasteiger partial charge in [-0.2, -0.15) is 0 Å². The molecule has 0 spiro atoms. The molecule has 9 heteroatoms. The first-order valence-electron chi connectivity index (χ1n) is 10.8. The number of carbonyl (C=O) groups is 2. The average molecular weight is 481 g/mol. The fourth-order valence-electron chi connectivity index (χ4n) is 3.19. The van der Waals surface area contributed by atoms with Gasteiger partial charge >= 0.3 is 5.97 Å². The molecule has 0 saturated carbocycles. The highest BCUT2D eigenvalue weighted by molar-refractivity contribution is 8.00. The number of nitrogens with zero attached hydrogens (tertiary/aromatic N) is 1. The standard InChI is InChI=1S/C25H24N2O6S/c1-2-17-5-3-6-19(13-17)30-11-12-31-25(29)20-7-4-10-26-24(20)34-15-23(28)27-18-8-9-21-22(14-18)33-16-32-21/h3-10,13-14H,2,11-12,15-16H2,1H3,(H,27,28). The summed E-state index contributed by atoms with van der Waals surface area (Å²) in [7, 11) is 0. The van der Waals surface area contributed by atoms with E-state index in [1.165, 1.54) is 5.56 Å². The van der Waals surface area contributed by atoms with E-state index in [1.807, 2.05) is 24.3 Å². The molecular weight excluding hydrogens is 456 g/mol. The van der Waals surface area contributed by atoms with Gasteiger partial charge in [-0.3, -0.25) is 4.79 Å². The molecule has 0 atom stereocenters. The Morgan fingerprint density at radius 2 is 1.94 bits per heavy atom. The summed E-state index contributed by atoms with van der Waals surface area (Å²) in [5.74, 6) is 1.28. The van der Waals surface area contributed by atoms with Crippen molar-refractivity contribution in [1.82, 2.24) is 4.98 Å². The maximum Gasteiger partial charge on any atom is 0.341 e. The lowest BCUT2D eigenvalue weighted by molar-refractivity contribution is -0.113. The third-order valence-corrected chi connectivity index (χ3v) is 5.88. The number of anilines is 1. The molecule has 1 N–H and O–H groups in total. The number of esters is 1. The van der Waals surface area contributed by atoms with Crippen LogP contribution in [0.15, 0.2) is 65.8 Å². The van der Waals surface area contributed by atoms with Gasteiger partial charge in [0.2, 0.25) is 12.7 Å². The van der Waals surface area contributed by atoms with Crippen LogP contribution in [0.25, 0.3) is 0 Å². The number of fused-ring (bicyclic) bond motifs is 1. The number of ether oxygens (including phenoxy) is 4.